The monoisotopic (exact) mass is 612 g/mol. The molecule has 0 bridgehead atoms. The molecule has 4 heterocycles. The van der Waals surface area contributed by atoms with Crippen LogP contribution in [0.3, 0.4) is 0 Å². The minimum Gasteiger partial charge on any atom is -0.256 e. The third kappa shape index (κ3) is 5.25. The lowest BCUT2D eigenvalue weighted by Crippen LogP contribution is -1.91. The number of hydrogen-bond acceptors (Lipinski definition) is 4. The molecule has 0 fully saturated rings. The number of benzene rings is 5. The van der Waals surface area contributed by atoms with Crippen molar-refractivity contribution < 1.29 is 0 Å². The molecule has 0 N–H and O–H groups in total. The lowest BCUT2D eigenvalue weighted by Gasteiger charge is -2.11. The van der Waals surface area contributed by atoms with Crippen LogP contribution in [0.2, 0.25) is 0 Å². The number of nitrogens with zero attached hydrogens (tertiary/aromatic N) is 4. The summed E-state index contributed by atoms with van der Waals surface area (Å²) in [5.74, 6) is 0. The number of pyridine rings is 4. The maximum atomic E-state index is 5.11. The van der Waals surface area contributed by atoms with Crippen molar-refractivity contribution in [2.24, 2.45) is 0 Å². The highest BCUT2D eigenvalue weighted by Gasteiger charge is 2.11. The van der Waals surface area contributed by atoms with Crippen molar-refractivity contribution in [2.45, 2.75) is 0 Å². The number of rotatable bonds is 5. The fourth-order valence-electron chi connectivity index (χ4n) is 6.44. The first kappa shape index (κ1) is 27.8. The molecule has 0 radical (unpaired) electrons. The van der Waals surface area contributed by atoms with Gasteiger partial charge in [0.15, 0.2) is 0 Å². The smallest absolute Gasteiger partial charge is 0.0715 e. The summed E-state index contributed by atoms with van der Waals surface area (Å²) in [6, 6.07) is 54.9. The second-order valence-corrected chi connectivity index (χ2v) is 12.0. The van der Waals surface area contributed by atoms with Crippen molar-refractivity contribution in [1.82, 2.24) is 19.9 Å². The predicted octanol–water partition coefficient (Wildman–Crippen LogP) is 11.1. The van der Waals surface area contributed by atoms with Gasteiger partial charge in [-0.05, 0) is 107 Å². The molecule has 0 aliphatic rings. The van der Waals surface area contributed by atoms with Crippen molar-refractivity contribution in [3.63, 3.8) is 0 Å². The van der Waals surface area contributed by atoms with Crippen molar-refractivity contribution in [2.75, 3.05) is 0 Å². The Morgan fingerprint density at radius 1 is 0.271 bits per heavy atom. The topological polar surface area (TPSA) is 51.6 Å². The molecule has 0 spiro atoms. The lowest BCUT2D eigenvalue weighted by molar-refractivity contribution is 1.31. The van der Waals surface area contributed by atoms with Gasteiger partial charge in [0.05, 0.1) is 33.8 Å². The fourth-order valence-corrected chi connectivity index (χ4v) is 6.44. The van der Waals surface area contributed by atoms with Crippen LogP contribution in [0.25, 0.3) is 88.7 Å². The minimum absolute atomic E-state index is 0.905. The Balaban J connectivity index is 1.07. The summed E-state index contributed by atoms with van der Waals surface area (Å²) in [4.78, 5) is 19.4. The van der Waals surface area contributed by atoms with Crippen molar-refractivity contribution in [3.05, 3.63) is 170 Å². The quantitative estimate of drug-likeness (QED) is 0.181. The van der Waals surface area contributed by atoms with E-state index in [0.717, 1.165) is 78.0 Å². The molecule has 4 aromatic heterocycles. The molecule has 9 rings (SSSR count). The highest BCUT2D eigenvalue weighted by Crippen LogP contribution is 2.33. The van der Waals surface area contributed by atoms with Gasteiger partial charge >= 0.3 is 0 Å². The Kier molecular flexibility index (Phi) is 6.76. The van der Waals surface area contributed by atoms with Crippen molar-refractivity contribution in [3.8, 4) is 56.2 Å². The molecule has 224 valence electrons. The van der Waals surface area contributed by atoms with Gasteiger partial charge in [0, 0.05) is 45.4 Å². The minimum atomic E-state index is 0.905. The van der Waals surface area contributed by atoms with E-state index >= 15 is 0 Å². The molecule has 9 aromatic rings. The maximum absolute atomic E-state index is 5.11. The molecule has 5 aromatic carbocycles. The molecule has 48 heavy (non-hydrogen) atoms. The molecule has 0 atom stereocenters. The summed E-state index contributed by atoms with van der Waals surface area (Å²) in [6.45, 7) is 0. The Bertz CT molecular complexity index is 2560. The summed E-state index contributed by atoms with van der Waals surface area (Å²) in [5.41, 5.74) is 12.1. The molecular formula is C44H28N4. The first-order chi connectivity index (χ1) is 23.7. The van der Waals surface area contributed by atoms with Crippen LogP contribution in [0.5, 0.6) is 0 Å². The fraction of sp³-hybridized carbons (Fsp3) is 0. The summed E-state index contributed by atoms with van der Waals surface area (Å²) < 4.78 is 0. The van der Waals surface area contributed by atoms with E-state index in [4.69, 9.17) is 9.97 Å². The molecule has 0 unspecified atom stereocenters. The second kappa shape index (κ2) is 11.7. The molecule has 0 aliphatic carbocycles. The van der Waals surface area contributed by atoms with E-state index in [0.29, 0.717) is 0 Å². The van der Waals surface area contributed by atoms with E-state index in [9.17, 15) is 0 Å². The molecule has 0 saturated heterocycles. The Hall–Kier alpha value is -6.52. The number of hydrogen-bond donors (Lipinski definition) is 0. The van der Waals surface area contributed by atoms with Crippen molar-refractivity contribution in [1.29, 1.82) is 0 Å². The van der Waals surface area contributed by atoms with Crippen LogP contribution in [-0.2, 0) is 0 Å². The zero-order chi connectivity index (χ0) is 31.9. The maximum Gasteiger partial charge on any atom is 0.0715 e. The molecule has 0 aliphatic heterocycles. The van der Waals surface area contributed by atoms with E-state index in [1.807, 2.05) is 48.8 Å². The standard InChI is InChI=1S/C44H28N4/c1-2-9-31-28-44-35(23-29(31)8-1)16-18-41(48-44)33-11-7-10-30(22-33)32-14-17-42-34(24-32)15-19-43(47-42)38-26-36(39-12-3-5-20-45-39)25-37(27-38)40-13-4-6-21-46-40/h1-28H. The Morgan fingerprint density at radius 2 is 0.812 bits per heavy atom. The number of aromatic nitrogens is 4. The van der Waals surface area contributed by atoms with Crippen LogP contribution < -0.4 is 0 Å². The van der Waals surface area contributed by atoms with E-state index in [2.05, 4.69) is 131 Å². The molecular weight excluding hydrogens is 585 g/mol. The third-order valence-electron chi connectivity index (χ3n) is 8.89. The first-order valence-electron chi connectivity index (χ1n) is 16.0. The third-order valence-corrected chi connectivity index (χ3v) is 8.89. The van der Waals surface area contributed by atoms with E-state index in [1.54, 1.807) is 0 Å². The molecule has 4 nitrogen and oxygen atoms in total. The molecule has 4 heteroatoms. The van der Waals surface area contributed by atoms with Gasteiger partial charge in [-0.3, -0.25) is 9.97 Å². The van der Waals surface area contributed by atoms with Gasteiger partial charge in [0.1, 0.15) is 0 Å². The van der Waals surface area contributed by atoms with E-state index in [1.165, 1.54) is 10.8 Å². The van der Waals surface area contributed by atoms with Gasteiger partial charge < -0.3 is 0 Å². The Morgan fingerprint density at radius 3 is 1.50 bits per heavy atom. The normalized spacial score (nSPS) is 11.3. The first-order valence-corrected chi connectivity index (χ1v) is 16.0. The van der Waals surface area contributed by atoms with Gasteiger partial charge in [0.25, 0.3) is 0 Å². The van der Waals surface area contributed by atoms with Gasteiger partial charge in [-0.2, -0.15) is 0 Å². The average molecular weight is 613 g/mol. The van der Waals surface area contributed by atoms with E-state index in [-0.39, 0.29) is 0 Å². The SMILES string of the molecule is c1ccc(-c2cc(-c3ccccn3)cc(-c3ccc4cc(-c5cccc(-c6ccc7cc8ccccc8cc7n6)c5)ccc4n3)c2)nc1. The van der Waals surface area contributed by atoms with Gasteiger partial charge in [-0.25, -0.2) is 9.97 Å². The summed E-state index contributed by atoms with van der Waals surface area (Å²) in [5, 5.41) is 4.66. The summed E-state index contributed by atoms with van der Waals surface area (Å²) in [6.07, 6.45) is 3.65. The highest BCUT2D eigenvalue weighted by atomic mass is 14.7. The highest BCUT2D eigenvalue weighted by molar-refractivity contribution is 5.97. The zero-order valence-electron chi connectivity index (χ0n) is 26.0. The molecule has 0 saturated carbocycles. The van der Waals surface area contributed by atoms with Crippen LogP contribution in [0.15, 0.2) is 170 Å². The van der Waals surface area contributed by atoms with Crippen LogP contribution >= 0.6 is 0 Å². The van der Waals surface area contributed by atoms with Crippen LogP contribution in [0, 0.1) is 0 Å². The van der Waals surface area contributed by atoms with Crippen LogP contribution in [0.4, 0.5) is 0 Å². The second-order valence-electron chi connectivity index (χ2n) is 12.0. The van der Waals surface area contributed by atoms with Gasteiger partial charge in [-0.1, -0.05) is 72.8 Å². The van der Waals surface area contributed by atoms with Crippen molar-refractivity contribution >= 4 is 32.6 Å². The average Bonchev–Trinajstić information content (AvgIpc) is 3.17. The zero-order valence-corrected chi connectivity index (χ0v) is 26.0. The van der Waals surface area contributed by atoms with Crippen LogP contribution in [0.1, 0.15) is 0 Å². The van der Waals surface area contributed by atoms with Crippen LogP contribution in [-0.4, -0.2) is 19.9 Å². The number of fused-ring (bicyclic) bond motifs is 3. The predicted molar refractivity (Wildman–Crippen MR) is 197 cm³/mol. The van der Waals surface area contributed by atoms with Gasteiger partial charge in [0.2, 0.25) is 0 Å². The van der Waals surface area contributed by atoms with Gasteiger partial charge in [-0.15, -0.1) is 0 Å². The Labute approximate surface area is 278 Å². The van der Waals surface area contributed by atoms with E-state index < -0.39 is 0 Å². The largest absolute Gasteiger partial charge is 0.256 e. The molecule has 0 amide bonds. The summed E-state index contributed by atoms with van der Waals surface area (Å²) >= 11 is 0. The lowest BCUT2D eigenvalue weighted by atomic mass is 9.97. The summed E-state index contributed by atoms with van der Waals surface area (Å²) in [7, 11) is 0.